The smallest absolute Gasteiger partial charge is 0.307 e. The van der Waals surface area contributed by atoms with Crippen LogP contribution in [0.4, 0.5) is 0 Å². The van der Waals surface area contributed by atoms with Crippen LogP contribution in [0.25, 0.3) is 0 Å². The number of hydrogen-bond acceptors (Lipinski definition) is 1. The van der Waals surface area contributed by atoms with Gasteiger partial charge < -0.3 is 5.11 Å². The number of carboxylic acids is 1. The molecular weight excluding hydrogens is 164 g/mol. The van der Waals surface area contributed by atoms with Gasteiger partial charge in [-0.25, -0.2) is 0 Å². The van der Waals surface area contributed by atoms with E-state index in [-0.39, 0.29) is 17.3 Å². The normalized spacial score (nSPS) is 30.7. The summed E-state index contributed by atoms with van der Waals surface area (Å²) in [4.78, 5) is 10.8. The molecule has 0 radical (unpaired) electrons. The quantitative estimate of drug-likeness (QED) is 0.679. The second-order valence-corrected chi connectivity index (χ2v) is 4.38. The second-order valence-electron chi connectivity index (χ2n) is 4.38. The largest absolute Gasteiger partial charge is 0.481 e. The van der Waals surface area contributed by atoms with Crippen LogP contribution in [0.2, 0.25) is 0 Å². The number of hydrogen-bond donors (Lipinski definition) is 1. The first-order valence-corrected chi connectivity index (χ1v) is 4.91. The van der Waals surface area contributed by atoms with Crippen molar-refractivity contribution in [3.05, 3.63) is 12.2 Å². The standard InChI is InChI=1S/C11H18O2/c1-4-5-6-7-8-9(10(12)13)11(8,2)3/h6-9H,4-5H2,1-3H3,(H,12,13)/b7-6+. The Kier molecular flexibility index (Phi) is 2.79. The topological polar surface area (TPSA) is 37.3 Å². The molecule has 2 unspecified atom stereocenters. The lowest BCUT2D eigenvalue weighted by molar-refractivity contribution is -0.139. The van der Waals surface area contributed by atoms with E-state index in [1.807, 2.05) is 13.8 Å². The van der Waals surface area contributed by atoms with Crippen molar-refractivity contribution in [1.29, 1.82) is 0 Å². The van der Waals surface area contributed by atoms with E-state index in [9.17, 15) is 4.79 Å². The molecule has 13 heavy (non-hydrogen) atoms. The summed E-state index contributed by atoms with van der Waals surface area (Å²) in [6.45, 7) is 6.16. The molecule has 2 nitrogen and oxygen atoms in total. The fraction of sp³-hybridized carbons (Fsp3) is 0.727. The van der Waals surface area contributed by atoms with Crippen LogP contribution in [-0.4, -0.2) is 11.1 Å². The monoisotopic (exact) mass is 182 g/mol. The number of carbonyl (C=O) groups is 1. The van der Waals surface area contributed by atoms with Crippen LogP contribution in [0, 0.1) is 17.3 Å². The Morgan fingerprint density at radius 1 is 1.54 bits per heavy atom. The first-order chi connectivity index (χ1) is 6.01. The zero-order chi connectivity index (χ0) is 10.1. The van der Waals surface area contributed by atoms with Gasteiger partial charge in [0.25, 0.3) is 0 Å². The Hall–Kier alpha value is -0.790. The highest BCUT2D eigenvalue weighted by Crippen LogP contribution is 2.59. The minimum atomic E-state index is -0.656. The SMILES string of the molecule is CCC/C=C/C1C(C(=O)O)C1(C)C. The van der Waals surface area contributed by atoms with Gasteiger partial charge in [0, 0.05) is 0 Å². The van der Waals surface area contributed by atoms with Crippen molar-refractivity contribution >= 4 is 5.97 Å². The molecule has 1 aliphatic carbocycles. The van der Waals surface area contributed by atoms with Gasteiger partial charge >= 0.3 is 5.97 Å². The number of allylic oxidation sites excluding steroid dienone is 2. The molecular formula is C11H18O2. The lowest BCUT2D eigenvalue weighted by atomic mass is 10.1. The highest BCUT2D eigenvalue weighted by Gasteiger charge is 2.60. The number of rotatable bonds is 4. The first-order valence-electron chi connectivity index (χ1n) is 4.91. The molecule has 0 aromatic carbocycles. The van der Waals surface area contributed by atoms with Crippen molar-refractivity contribution in [2.45, 2.75) is 33.6 Å². The van der Waals surface area contributed by atoms with Gasteiger partial charge in [0.05, 0.1) is 5.92 Å². The van der Waals surface area contributed by atoms with Gasteiger partial charge in [-0.2, -0.15) is 0 Å². The third-order valence-corrected chi connectivity index (χ3v) is 2.98. The summed E-state index contributed by atoms with van der Waals surface area (Å²) in [6, 6.07) is 0. The predicted molar refractivity (Wildman–Crippen MR) is 52.4 cm³/mol. The van der Waals surface area contributed by atoms with E-state index in [0.717, 1.165) is 12.8 Å². The van der Waals surface area contributed by atoms with Crippen molar-refractivity contribution in [2.75, 3.05) is 0 Å². The van der Waals surface area contributed by atoms with Crippen LogP contribution in [0.3, 0.4) is 0 Å². The Labute approximate surface area is 79.6 Å². The molecule has 0 spiro atoms. The molecule has 0 bridgehead atoms. The summed E-state index contributed by atoms with van der Waals surface area (Å²) < 4.78 is 0. The van der Waals surface area contributed by atoms with E-state index in [4.69, 9.17) is 5.11 Å². The van der Waals surface area contributed by atoms with Gasteiger partial charge in [-0.1, -0.05) is 39.3 Å². The number of carboxylic acid groups (broad SMARTS) is 1. The molecule has 0 amide bonds. The van der Waals surface area contributed by atoms with E-state index in [0.29, 0.717) is 0 Å². The first kappa shape index (κ1) is 10.3. The van der Waals surface area contributed by atoms with Gasteiger partial charge in [0.1, 0.15) is 0 Å². The van der Waals surface area contributed by atoms with E-state index < -0.39 is 5.97 Å². The van der Waals surface area contributed by atoms with Crippen LogP contribution in [0.15, 0.2) is 12.2 Å². The minimum absolute atomic E-state index is 0.0317. The third kappa shape index (κ3) is 1.93. The van der Waals surface area contributed by atoms with Crippen molar-refractivity contribution in [3.8, 4) is 0 Å². The van der Waals surface area contributed by atoms with Gasteiger partial charge in [0.2, 0.25) is 0 Å². The van der Waals surface area contributed by atoms with Crippen molar-refractivity contribution < 1.29 is 9.90 Å². The van der Waals surface area contributed by atoms with Crippen LogP contribution >= 0.6 is 0 Å². The molecule has 1 aliphatic rings. The molecule has 0 heterocycles. The van der Waals surface area contributed by atoms with Gasteiger partial charge in [0.15, 0.2) is 0 Å². The molecule has 2 atom stereocenters. The minimum Gasteiger partial charge on any atom is -0.481 e. The predicted octanol–water partition coefficient (Wildman–Crippen LogP) is 2.70. The Morgan fingerprint density at radius 3 is 2.54 bits per heavy atom. The summed E-state index contributed by atoms with van der Waals surface area (Å²) in [6.07, 6.45) is 6.36. The van der Waals surface area contributed by atoms with Gasteiger partial charge in [-0.05, 0) is 17.8 Å². The molecule has 1 rings (SSSR count). The number of aliphatic carboxylic acids is 1. The zero-order valence-corrected chi connectivity index (χ0v) is 8.58. The average molecular weight is 182 g/mol. The van der Waals surface area contributed by atoms with E-state index in [1.165, 1.54) is 0 Å². The maximum atomic E-state index is 10.8. The van der Waals surface area contributed by atoms with Crippen LogP contribution in [0.1, 0.15) is 33.6 Å². The summed E-state index contributed by atoms with van der Waals surface area (Å²) in [5.74, 6) is -0.576. The van der Waals surface area contributed by atoms with Crippen LogP contribution < -0.4 is 0 Å². The van der Waals surface area contributed by atoms with E-state index in [2.05, 4.69) is 19.1 Å². The molecule has 74 valence electrons. The Morgan fingerprint density at radius 2 is 2.15 bits per heavy atom. The molecule has 0 saturated heterocycles. The lowest BCUT2D eigenvalue weighted by Gasteiger charge is -1.96. The fourth-order valence-electron chi connectivity index (χ4n) is 1.92. The number of unbranched alkanes of at least 4 members (excludes halogenated alkanes) is 1. The summed E-state index contributed by atoms with van der Waals surface area (Å²) >= 11 is 0. The molecule has 0 aromatic rings. The van der Waals surface area contributed by atoms with Crippen molar-refractivity contribution in [1.82, 2.24) is 0 Å². The summed E-state index contributed by atoms with van der Waals surface area (Å²) in [5, 5.41) is 8.88. The summed E-state index contributed by atoms with van der Waals surface area (Å²) in [5.41, 5.74) is -0.0317. The van der Waals surface area contributed by atoms with Crippen LogP contribution in [0.5, 0.6) is 0 Å². The van der Waals surface area contributed by atoms with Crippen molar-refractivity contribution in [2.24, 2.45) is 17.3 Å². The fourth-order valence-corrected chi connectivity index (χ4v) is 1.92. The zero-order valence-electron chi connectivity index (χ0n) is 8.58. The molecule has 1 N–H and O–H groups in total. The third-order valence-electron chi connectivity index (χ3n) is 2.98. The molecule has 1 saturated carbocycles. The lowest BCUT2D eigenvalue weighted by Crippen LogP contribution is -2.02. The highest BCUT2D eigenvalue weighted by molar-refractivity contribution is 5.76. The second kappa shape index (κ2) is 3.52. The summed E-state index contributed by atoms with van der Waals surface area (Å²) in [7, 11) is 0. The molecule has 0 aliphatic heterocycles. The molecule has 2 heteroatoms. The van der Waals surface area contributed by atoms with Crippen LogP contribution in [-0.2, 0) is 4.79 Å². The van der Waals surface area contributed by atoms with Crippen molar-refractivity contribution in [3.63, 3.8) is 0 Å². The molecule has 1 fully saturated rings. The van der Waals surface area contributed by atoms with Gasteiger partial charge in [-0.3, -0.25) is 4.79 Å². The van der Waals surface area contributed by atoms with E-state index >= 15 is 0 Å². The Balaban J connectivity index is 2.50. The maximum Gasteiger partial charge on any atom is 0.307 e. The average Bonchev–Trinajstić information content (AvgIpc) is 2.54. The van der Waals surface area contributed by atoms with Gasteiger partial charge in [-0.15, -0.1) is 0 Å². The van der Waals surface area contributed by atoms with E-state index in [1.54, 1.807) is 0 Å². The maximum absolute atomic E-state index is 10.8. The molecule has 0 aromatic heterocycles. The highest BCUT2D eigenvalue weighted by atomic mass is 16.4. The Bertz CT molecular complexity index is 228.